The van der Waals surface area contributed by atoms with E-state index in [1.165, 1.54) is 0 Å². The van der Waals surface area contributed by atoms with Gasteiger partial charge in [-0.2, -0.15) is 0 Å². The average Bonchev–Trinajstić information content (AvgIpc) is 2.81. The topological polar surface area (TPSA) is 85.0 Å². The highest BCUT2D eigenvalue weighted by atomic mass is 16.6. The number of carboxylic acid groups (broad SMARTS) is 1. The Bertz CT molecular complexity index is 534. The third kappa shape index (κ3) is 2.44. The first-order valence-electron chi connectivity index (χ1n) is 6.70. The van der Waals surface area contributed by atoms with Crippen LogP contribution in [0.3, 0.4) is 0 Å². The van der Waals surface area contributed by atoms with E-state index in [9.17, 15) is 4.79 Å². The zero-order chi connectivity index (χ0) is 14.2. The molecule has 0 amide bonds. The largest absolute Gasteiger partial charge is 0.486 e. The van der Waals surface area contributed by atoms with E-state index >= 15 is 0 Å². The summed E-state index contributed by atoms with van der Waals surface area (Å²) in [6, 6.07) is 5.82. The first-order chi connectivity index (χ1) is 9.57. The van der Waals surface area contributed by atoms with E-state index in [1.807, 2.05) is 18.2 Å². The summed E-state index contributed by atoms with van der Waals surface area (Å²) in [4.78, 5) is 13.2. The molecule has 20 heavy (non-hydrogen) atoms. The first-order valence-corrected chi connectivity index (χ1v) is 6.70. The van der Waals surface area contributed by atoms with Gasteiger partial charge in [0, 0.05) is 19.6 Å². The molecule has 1 fully saturated rings. The summed E-state index contributed by atoms with van der Waals surface area (Å²) >= 11 is 0. The third-order valence-corrected chi connectivity index (χ3v) is 3.82. The number of fused-ring (bicyclic) bond motifs is 1. The van der Waals surface area contributed by atoms with Gasteiger partial charge in [-0.1, -0.05) is 6.07 Å². The van der Waals surface area contributed by atoms with Crippen LogP contribution in [0.25, 0.3) is 0 Å². The number of likely N-dealkylation sites (tertiary alicyclic amines) is 1. The maximum absolute atomic E-state index is 11.1. The predicted molar refractivity (Wildman–Crippen MR) is 71.9 cm³/mol. The quantitative estimate of drug-likeness (QED) is 0.835. The molecule has 0 aromatic heterocycles. The van der Waals surface area contributed by atoms with Gasteiger partial charge in [0.05, 0.1) is 0 Å². The van der Waals surface area contributed by atoms with Gasteiger partial charge >= 0.3 is 5.97 Å². The van der Waals surface area contributed by atoms with E-state index < -0.39 is 11.5 Å². The van der Waals surface area contributed by atoms with Gasteiger partial charge in [0.15, 0.2) is 11.5 Å². The summed E-state index contributed by atoms with van der Waals surface area (Å²) in [6.45, 7) is 2.87. The number of carbonyl (C=O) groups is 1. The highest BCUT2D eigenvalue weighted by Crippen LogP contribution is 2.31. The van der Waals surface area contributed by atoms with Crippen molar-refractivity contribution in [1.82, 2.24) is 4.90 Å². The Morgan fingerprint density at radius 1 is 1.35 bits per heavy atom. The molecule has 108 valence electrons. The molecule has 1 saturated heterocycles. The van der Waals surface area contributed by atoms with Crippen LogP contribution in [0.4, 0.5) is 0 Å². The Kier molecular flexibility index (Phi) is 3.27. The van der Waals surface area contributed by atoms with Crippen LogP contribution in [0.15, 0.2) is 18.2 Å². The van der Waals surface area contributed by atoms with Gasteiger partial charge in [-0.05, 0) is 24.1 Å². The van der Waals surface area contributed by atoms with E-state index in [0.29, 0.717) is 39.3 Å². The smallest absolute Gasteiger partial charge is 0.325 e. The fourth-order valence-corrected chi connectivity index (χ4v) is 2.67. The Labute approximate surface area is 117 Å². The second-order valence-electron chi connectivity index (χ2n) is 5.40. The van der Waals surface area contributed by atoms with Crippen molar-refractivity contribution < 1.29 is 19.4 Å². The van der Waals surface area contributed by atoms with Crippen LogP contribution in [-0.4, -0.2) is 47.8 Å². The molecule has 3 N–H and O–H groups in total. The summed E-state index contributed by atoms with van der Waals surface area (Å²) in [5.41, 5.74) is 5.83. The fraction of sp³-hybridized carbons (Fsp3) is 0.500. The van der Waals surface area contributed by atoms with Gasteiger partial charge in [0.2, 0.25) is 0 Å². The number of carboxylic acids is 1. The lowest BCUT2D eigenvalue weighted by Gasteiger charge is -2.22. The molecule has 2 heterocycles. The van der Waals surface area contributed by atoms with Crippen LogP contribution in [-0.2, 0) is 11.3 Å². The summed E-state index contributed by atoms with van der Waals surface area (Å²) in [5.74, 6) is 0.590. The number of nitrogens with zero attached hydrogens (tertiary/aromatic N) is 1. The fourth-order valence-electron chi connectivity index (χ4n) is 2.67. The van der Waals surface area contributed by atoms with Crippen molar-refractivity contribution in [3.8, 4) is 11.5 Å². The van der Waals surface area contributed by atoms with Crippen LogP contribution in [0, 0.1) is 0 Å². The van der Waals surface area contributed by atoms with Gasteiger partial charge in [-0.3, -0.25) is 9.69 Å². The van der Waals surface area contributed by atoms with Gasteiger partial charge in [-0.25, -0.2) is 0 Å². The summed E-state index contributed by atoms with van der Waals surface area (Å²) in [6.07, 6.45) is 0.479. The molecule has 1 unspecified atom stereocenters. The lowest BCUT2D eigenvalue weighted by Crippen LogP contribution is -2.50. The van der Waals surface area contributed by atoms with Gasteiger partial charge in [-0.15, -0.1) is 0 Å². The lowest BCUT2D eigenvalue weighted by molar-refractivity contribution is -0.142. The van der Waals surface area contributed by atoms with Crippen LogP contribution in [0.5, 0.6) is 11.5 Å². The molecule has 0 bridgehead atoms. The van der Waals surface area contributed by atoms with Crippen molar-refractivity contribution >= 4 is 5.97 Å². The Morgan fingerprint density at radius 3 is 2.80 bits per heavy atom. The third-order valence-electron chi connectivity index (χ3n) is 3.82. The Morgan fingerprint density at radius 2 is 2.10 bits per heavy atom. The Hall–Kier alpha value is -1.79. The van der Waals surface area contributed by atoms with Gasteiger partial charge in [0.25, 0.3) is 0 Å². The normalized spacial score (nSPS) is 25.6. The van der Waals surface area contributed by atoms with Crippen molar-refractivity contribution in [2.45, 2.75) is 18.5 Å². The van der Waals surface area contributed by atoms with E-state index in [-0.39, 0.29) is 0 Å². The molecule has 0 radical (unpaired) electrons. The molecule has 0 aliphatic carbocycles. The van der Waals surface area contributed by atoms with Crippen LogP contribution in [0.1, 0.15) is 12.0 Å². The number of aliphatic carboxylic acids is 1. The minimum atomic E-state index is -1.12. The molecule has 6 heteroatoms. The highest BCUT2D eigenvalue weighted by Gasteiger charge is 2.41. The van der Waals surface area contributed by atoms with Crippen LogP contribution in [0.2, 0.25) is 0 Å². The number of ether oxygens (including phenoxy) is 2. The molecule has 1 aromatic carbocycles. The van der Waals surface area contributed by atoms with Crippen LogP contribution >= 0.6 is 0 Å². The molecule has 3 rings (SSSR count). The minimum absolute atomic E-state index is 0.372. The van der Waals surface area contributed by atoms with Crippen molar-refractivity contribution in [1.29, 1.82) is 0 Å². The molecule has 1 atom stereocenters. The Balaban J connectivity index is 1.68. The standard InChI is InChI=1S/C14H18N2O4/c15-14(13(17)18)3-4-16(9-14)8-10-1-2-11-12(7-10)20-6-5-19-11/h1-2,7H,3-6,8-9,15H2,(H,17,18). The second kappa shape index (κ2) is 4.96. The molecular formula is C14H18N2O4. The zero-order valence-electron chi connectivity index (χ0n) is 11.2. The van der Waals surface area contributed by atoms with Crippen molar-refractivity contribution in [2.24, 2.45) is 5.73 Å². The number of nitrogens with two attached hydrogens (primary N) is 1. The number of rotatable bonds is 3. The summed E-state index contributed by atoms with van der Waals surface area (Å²) in [7, 11) is 0. The van der Waals surface area contributed by atoms with Crippen molar-refractivity contribution in [3.63, 3.8) is 0 Å². The highest BCUT2D eigenvalue weighted by molar-refractivity contribution is 5.79. The average molecular weight is 278 g/mol. The molecule has 6 nitrogen and oxygen atoms in total. The molecule has 0 spiro atoms. The molecular weight excluding hydrogens is 260 g/mol. The van der Waals surface area contributed by atoms with E-state index in [0.717, 1.165) is 17.1 Å². The monoisotopic (exact) mass is 278 g/mol. The molecule has 1 aromatic rings. The van der Waals surface area contributed by atoms with Crippen molar-refractivity contribution in [2.75, 3.05) is 26.3 Å². The number of hydrogen-bond acceptors (Lipinski definition) is 5. The van der Waals surface area contributed by atoms with E-state index in [1.54, 1.807) is 0 Å². The summed E-state index contributed by atoms with van der Waals surface area (Å²) in [5, 5.41) is 9.13. The SMILES string of the molecule is NC1(C(=O)O)CCN(Cc2ccc3c(c2)OCCO3)C1. The second-order valence-corrected chi connectivity index (χ2v) is 5.40. The van der Waals surface area contributed by atoms with Crippen molar-refractivity contribution in [3.05, 3.63) is 23.8 Å². The maximum atomic E-state index is 11.1. The van der Waals surface area contributed by atoms with Gasteiger partial charge in [0.1, 0.15) is 18.8 Å². The zero-order valence-corrected chi connectivity index (χ0v) is 11.2. The van der Waals surface area contributed by atoms with Crippen LogP contribution < -0.4 is 15.2 Å². The minimum Gasteiger partial charge on any atom is -0.486 e. The number of hydrogen-bond donors (Lipinski definition) is 2. The molecule has 2 aliphatic heterocycles. The first kappa shape index (κ1) is 13.2. The van der Waals surface area contributed by atoms with E-state index in [2.05, 4.69) is 4.90 Å². The predicted octanol–water partition coefficient (Wildman–Crippen LogP) is 0.446. The summed E-state index contributed by atoms with van der Waals surface area (Å²) < 4.78 is 11.0. The van der Waals surface area contributed by atoms with E-state index in [4.69, 9.17) is 20.3 Å². The molecule has 0 saturated carbocycles. The number of benzene rings is 1. The molecule has 2 aliphatic rings. The lowest BCUT2D eigenvalue weighted by atomic mass is 10.0. The maximum Gasteiger partial charge on any atom is 0.325 e. The van der Waals surface area contributed by atoms with Gasteiger partial charge < -0.3 is 20.3 Å².